The number of rotatable bonds is 3. The minimum absolute atomic E-state index is 0.0293. The number of likely N-dealkylation sites (N-methyl/N-ethyl adjacent to an activating group) is 1. The molecule has 0 aliphatic carbocycles. The van der Waals surface area contributed by atoms with Crippen LogP contribution >= 0.6 is 0 Å². The monoisotopic (exact) mass is 332 g/mol. The number of amides is 2. The summed E-state index contributed by atoms with van der Waals surface area (Å²) >= 11 is 0. The second-order valence-corrected chi connectivity index (χ2v) is 6.46. The molecule has 3 rings (SSSR count). The summed E-state index contributed by atoms with van der Waals surface area (Å²) in [5.74, 6) is 0.621. The Kier molecular flexibility index (Phi) is 4.68. The topological polar surface area (TPSA) is 89.6 Å². The van der Waals surface area contributed by atoms with Crippen LogP contribution in [-0.4, -0.2) is 72.9 Å². The number of anilines is 1. The van der Waals surface area contributed by atoms with Crippen LogP contribution in [0.2, 0.25) is 0 Å². The molecule has 0 saturated carbocycles. The zero-order chi connectivity index (χ0) is 17.3. The first-order valence-corrected chi connectivity index (χ1v) is 8.17. The fourth-order valence-electron chi connectivity index (χ4n) is 3.46. The molecule has 2 aliphatic heterocycles. The van der Waals surface area contributed by atoms with Crippen molar-refractivity contribution in [2.75, 3.05) is 39.5 Å². The lowest BCUT2D eigenvalue weighted by molar-refractivity contribution is -0.131. The van der Waals surface area contributed by atoms with Gasteiger partial charge in [-0.15, -0.1) is 0 Å². The molecule has 0 aromatic carbocycles. The Balaban J connectivity index is 1.77. The summed E-state index contributed by atoms with van der Waals surface area (Å²) in [4.78, 5) is 32.8. The molecule has 0 bridgehead atoms. The number of nitrogens with one attached hydrogen (secondary N) is 3. The average Bonchev–Trinajstić information content (AvgIpc) is 3.03. The Bertz CT molecular complexity index is 635. The lowest BCUT2D eigenvalue weighted by Gasteiger charge is -2.36. The van der Waals surface area contributed by atoms with Gasteiger partial charge in [0.1, 0.15) is 11.9 Å². The number of piperidine rings is 1. The highest BCUT2D eigenvalue weighted by Crippen LogP contribution is 2.27. The molecule has 3 unspecified atom stereocenters. The highest BCUT2D eigenvalue weighted by atomic mass is 16.2. The minimum atomic E-state index is -0.307. The predicted octanol–water partition coefficient (Wildman–Crippen LogP) is -0.481. The molecule has 1 aromatic rings. The van der Waals surface area contributed by atoms with Crippen LogP contribution in [0, 0.1) is 5.92 Å². The van der Waals surface area contributed by atoms with Crippen molar-refractivity contribution >= 4 is 17.6 Å². The van der Waals surface area contributed by atoms with Gasteiger partial charge in [0.25, 0.3) is 5.91 Å². The summed E-state index contributed by atoms with van der Waals surface area (Å²) in [6.07, 6.45) is 2.47. The van der Waals surface area contributed by atoms with E-state index in [4.69, 9.17) is 0 Å². The smallest absolute Gasteiger partial charge is 0.257 e. The van der Waals surface area contributed by atoms with Crippen LogP contribution in [0.4, 0.5) is 5.82 Å². The van der Waals surface area contributed by atoms with Gasteiger partial charge >= 0.3 is 0 Å². The van der Waals surface area contributed by atoms with Gasteiger partial charge in [0, 0.05) is 52.4 Å². The van der Waals surface area contributed by atoms with E-state index < -0.39 is 0 Å². The third kappa shape index (κ3) is 2.94. The number of pyridine rings is 1. The number of likely N-dealkylation sites (tertiary alicyclic amines) is 1. The molecule has 8 heteroatoms. The van der Waals surface area contributed by atoms with Gasteiger partial charge in [-0.2, -0.15) is 0 Å². The van der Waals surface area contributed by atoms with Crippen LogP contribution in [-0.2, 0) is 4.79 Å². The molecule has 0 radical (unpaired) electrons. The van der Waals surface area contributed by atoms with Gasteiger partial charge < -0.3 is 15.1 Å². The van der Waals surface area contributed by atoms with E-state index >= 15 is 0 Å². The lowest BCUT2D eigenvalue weighted by atomic mass is 9.87. The molecule has 3 atom stereocenters. The van der Waals surface area contributed by atoms with Crippen molar-refractivity contribution in [2.24, 2.45) is 5.92 Å². The van der Waals surface area contributed by atoms with Gasteiger partial charge in [-0.1, -0.05) is 0 Å². The highest BCUT2D eigenvalue weighted by Gasteiger charge is 2.44. The number of hydrazine groups is 1. The molecule has 2 amide bonds. The summed E-state index contributed by atoms with van der Waals surface area (Å²) in [6.45, 7) is 1.21. The van der Waals surface area contributed by atoms with Crippen molar-refractivity contribution < 1.29 is 9.59 Å². The Hall–Kier alpha value is -2.19. The summed E-state index contributed by atoms with van der Waals surface area (Å²) in [5, 5.41) is 2.96. The number of fused-ring (bicyclic) bond motifs is 1. The third-order valence-electron chi connectivity index (χ3n) is 4.78. The SMILES string of the molecule is CNc1ncccc1C(=O)N1CCC2NNC(C(=O)N(C)C)C2C1. The van der Waals surface area contributed by atoms with E-state index in [1.807, 2.05) is 4.90 Å². The van der Waals surface area contributed by atoms with Gasteiger partial charge in [0.15, 0.2) is 0 Å². The first kappa shape index (κ1) is 16.7. The zero-order valence-corrected chi connectivity index (χ0v) is 14.2. The molecular weight excluding hydrogens is 308 g/mol. The lowest BCUT2D eigenvalue weighted by Crippen LogP contribution is -2.51. The highest BCUT2D eigenvalue weighted by molar-refractivity contribution is 5.98. The molecule has 24 heavy (non-hydrogen) atoms. The molecule has 3 N–H and O–H groups in total. The standard InChI is InChI=1S/C16H24N6O2/c1-17-14-10(5-4-7-18-14)15(23)22-8-6-12-11(9-22)13(20-19-12)16(24)21(2)3/h4-5,7,11-13,19-20H,6,8-9H2,1-3H3,(H,17,18). The quantitative estimate of drug-likeness (QED) is 0.693. The number of aromatic nitrogens is 1. The summed E-state index contributed by atoms with van der Waals surface area (Å²) in [6, 6.07) is 3.44. The molecule has 0 spiro atoms. The number of carbonyl (C=O) groups excluding carboxylic acids is 2. The van der Waals surface area contributed by atoms with Gasteiger partial charge in [-0.3, -0.25) is 15.0 Å². The van der Waals surface area contributed by atoms with E-state index in [0.29, 0.717) is 24.5 Å². The molecule has 8 nitrogen and oxygen atoms in total. The Morgan fingerprint density at radius 3 is 2.88 bits per heavy atom. The minimum Gasteiger partial charge on any atom is -0.372 e. The molecular formula is C16H24N6O2. The molecule has 130 valence electrons. The number of hydrogen-bond acceptors (Lipinski definition) is 6. The van der Waals surface area contributed by atoms with Crippen molar-refractivity contribution in [2.45, 2.75) is 18.5 Å². The summed E-state index contributed by atoms with van der Waals surface area (Å²) in [7, 11) is 5.25. The van der Waals surface area contributed by atoms with E-state index in [1.54, 1.807) is 44.4 Å². The Labute approximate surface area is 141 Å². The number of carbonyl (C=O) groups is 2. The Morgan fingerprint density at radius 1 is 1.38 bits per heavy atom. The van der Waals surface area contributed by atoms with E-state index in [-0.39, 0.29) is 29.8 Å². The van der Waals surface area contributed by atoms with Gasteiger partial charge in [0.2, 0.25) is 5.91 Å². The van der Waals surface area contributed by atoms with Crippen molar-refractivity contribution in [3.05, 3.63) is 23.9 Å². The van der Waals surface area contributed by atoms with Gasteiger partial charge in [-0.25, -0.2) is 10.4 Å². The molecule has 2 saturated heterocycles. The molecule has 2 fully saturated rings. The van der Waals surface area contributed by atoms with Crippen molar-refractivity contribution in [3.63, 3.8) is 0 Å². The second kappa shape index (κ2) is 6.74. The van der Waals surface area contributed by atoms with Crippen LogP contribution in [0.15, 0.2) is 18.3 Å². The summed E-state index contributed by atoms with van der Waals surface area (Å²) < 4.78 is 0. The van der Waals surface area contributed by atoms with E-state index in [0.717, 1.165) is 6.42 Å². The van der Waals surface area contributed by atoms with Crippen LogP contribution in [0.1, 0.15) is 16.8 Å². The van der Waals surface area contributed by atoms with Crippen LogP contribution in [0.3, 0.4) is 0 Å². The van der Waals surface area contributed by atoms with E-state index in [2.05, 4.69) is 21.2 Å². The normalized spacial score (nSPS) is 26.0. The number of nitrogens with zero attached hydrogens (tertiary/aromatic N) is 3. The molecule has 2 aliphatic rings. The van der Waals surface area contributed by atoms with Gasteiger partial charge in [-0.05, 0) is 18.6 Å². The fourth-order valence-corrected chi connectivity index (χ4v) is 3.46. The van der Waals surface area contributed by atoms with Crippen molar-refractivity contribution in [1.29, 1.82) is 0 Å². The zero-order valence-electron chi connectivity index (χ0n) is 14.2. The van der Waals surface area contributed by atoms with E-state index in [9.17, 15) is 9.59 Å². The maximum Gasteiger partial charge on any atom is 0.257 e. The van der Waals surface area contributed by atoms with E-state index in [1.165, 1.54) is 0 Å². The Morgan fingerprint density at radius 2 is 2.17 bits per heavy atom. The molecule has 1 aromatic heterocycles. The first-order chi connectivity index (χ1) is 11.5. The molecule has 3 heterocycles. The van der Waals surface area contributed by atoms with Crippen LogP contribution in [0.25, 0.3) is 0 Å². The second-order valence-electron chi connectivity index (χ2n) is 6.46. The first-order valence-electron chi connectivity index (χ1n) is 8.17. The maximum absolute atomic E-state index is 12.9. The van der Waals surface area contributed by atoms with Crippen molar-refractivity contribution in [3.8, 4) is 0 Å². The number of hydrogen-bond donors (Lipinski definition) is 3. The third-order valence-corrected chi connectivity index (χ3v) is 4.78. The predicted molar refractivity (Wildman–Crippen MR) is 90.3 cm³/mol. The average molecular weight is 332 g/mol. The van der Waals surface area contributed by atoms with Crippen molar-refractivity contribution in [1.82, 2.24) is 25.6 Å². The van der Waals surface area contributed by atoms with Gasteiger partial charge in [0.05, 0.1) is 5.56 Å². The van der Waals surface area contributed by atoms with Crippen LogP contribution < -0.4 is 16.2 Å². The summed E-state index contributed by atoms with van der Waals surface area (Å²) in [5.41, 5.74) is 6.87. The fraction of sp³-hybridized carbons (Fsp3) is 0.562. The largest absolute Gasteiger partial charge is 0.372 e. The van der Waals surface area contributed by atoms with Crippen LogP contribution in [0.5, 0.6) is 0 Å². The maximum atomic E-state index is 12.9.